The van der Waals surface area contributed by atoms with Crippen molar-refractivity contribution < 1.29 is 19.2 Å². The quantitative estimate of drug-likeness (QED) is 0.821. The zero-order chi connectivity index (χ0) is 13.8. The van der Waals surface area contributed by atoms with Gasteiger partial charge in [-0.3, -0.25) is 9.59 Å². The van der Waals surface area contributed by atoms with Crippen LogP contribution in [0.15, 0.2) is 10.6 Å². The van der Waals surface area contributed by atoms with Crippen LogP contribution in [0.1, 0.15) is 26.0 Å². The van der Waals surface area contributed by atoms with Crippen LogP contribution in [-0.4, -0.2) is 32.6 Å². The summed E-state index contributed by atoms with van der Waals surface area (Å²) in [7, 11) is 0. The Kier molecular flexibility index (Phi) is 4.77. The van der Waals surface area contributed by atoms with Gasteiger partial charge in [0.25, 0.3) is 0 Å². The molecule has 0 spiro atoms. The second kappa shape index (κ2) is 5.90. The Hall–Kier alpha value is -1.50. The number of anilines is 1. The Morgan fingerprint density at radius 2 is 2.22 bits per heavy atom. The molecule has 0 aliphatic rings. The molecule has 0 aromatic carbocycles. The van der Waals surface area contributed by atoms with Gasteiger partial charge in [0.05, 0.1) is 0 Å². The van der Waals surface area contributed by atoms with Gasteiger partial charge in [0.15, 0.2) is 5.82 Å². The second-order valence-corrected chi connectivity index (χ2v) is 6.00. The topological polar surface area (TPSA) is 92.4 Å². The Balaban J connectivity index is 2.32. The minimum Gasteiger partial charge on any atom is -0.480 e. The number of thioether (sulfide) groups is 1. The van der Waals surface area contributed by atoms with E-state index in [1.807, 2.05) is 0 Å². The van der Waals surface area contributed by atoms with Crippen LogP contribution in [0.4, 0.5) is 5.82 Å². The highest BCUT2D eigenvalue weighted by atomic mass is 32.2. The molecular formula is C11H16N2O4S. The van der Waals surface area contributed by atoms with Gasteiger partial charge in [0.2, 0.25) is 5.91 Å². The minimum atomic E-state index is -0.889. The number of hydrogen-bond donors (Lipinski definition) is 2. The van der Waals surface area contributed by atoms with Crippen LogP contribution in [0.2, 0.25) is 0 Å². The van der Waals surface area contributed by atoms with Gasteiger partial charge < -0.3 is 14.9 Å². The third-order valence-corrected chi connectivity index (χ3v) is 3.51. The second-order valence-electron chi connectivity index (χ2n) is 4.28. The van der Waals surface area contributed by atoms with E-state index in [2.05, 4.69) is 10.5 Å². The van der Waals surface area contributed by atoms with E-state index in [9.17, 15) is 9.59 Å². The number of aliphatic carboxylic acids is 1. The average molecular weight is 272 g/mol. The molecule has 1 amide bonds. The zero-order valence-corrected chi connectivity index (χ0v) is 11.3. The maximum absolute atomic E-state index is 11.5. The molecule has 1 rings (SSSR count). The number of nitrogens with zero attached hydrogens (tertiary/aromatic N) is 1. The number of rotatable bonds is 6. The molecule has 0 bridgehead atoms. The largest absolute Gasteiger partial charge is 0.480 e. The van der Waals surface area contributed by atoms with Gasteiger partial charge in [-0.25, -0.2) is 0 Å². The first kappa shape index (κ1) is 14.6. The Labute approximate surface area is 109 Å². The average Bonchev–Trinajstić information content (AvgIpc) is 2.63. The van der Waals surface area contributed by atoms with Gasteiger partial charge in [-0.05, 0) is 20.8 Å². The van der Waals surface area contributed by atoms with E-state index in [-0.39, 0.29) is 12.3 Å². The molecule has 0 fully saturated rings. The zero-order valence-electron chi connectivity index (χ0n) is 10.5. The fraction of sp³-hybridized carbons (Fsp3) is 0.545. The molecule has 6 nitrogen and oxygen atoms in total. The lowest BCUT2D eigenvalue weighted by Gasteiger charge is -2.17. The summed E-state index contributed by atoms with van der Waals surface area (Å²) >= 11 is 1.23. The molecule has 2 N–H and O–H groups in total. The molecule has 18 heavy (non-hydrogen) atoms. The van der Waals surface area contributed by atoms with Crippen LogP contribution in [0.5, 0.6) is 0 Å². The molecule has 1 aromatic heterocycles. The number of nitrogens with one attached hydrogen (secondary N) is 1. The molecule has 0 saturated carbocycles. The van der Waals surface area contributed by atoms with E-state index in [1.54, 1.807) is 26.8 Å². The predicted molar refractivity (Wildman–Crippen MR) is 68.7 cm³/mol. The summed E-state index contributed by atoms with van der Waals surface area (Å²) in [5.74, 6) is 0.325. The Bertz CT molecular complexity index is 442. The van der Waals surface area contributed by atoms with Crippen LogP contribution in [0.3, 0.4) is 0 Å². The van der Waals surface area contributed by atoms with Crippen LogP contribution >= 0.6 is 11.8 Å². The van der Waals surface area contributed by atoms with Crippen molar-refractivity contribution in [3.63, 3.8) is 0 Å². The van der Waals surface area contributed by atoms with Crippen molar-refractivity contribution >= 4 is 29.5 Å². The smallest absolute Gasteiger partial charge is 0.319 e. The van der Waals surface area contributed by atoms with E-state index in [1.165, 1.54) is 11.8 Å². The van der Waals surface area contributed by atoms with E-state index in [0.717, 1.165) is 0 Å². The lowest BCUT2D eigenvalue weighted by Crippen LogP contribution is -2.28. The van der Waals surface area contributed by atoms with Gasteiger partial charge in [-0.2, -0.15) is 0 Å². The summed E-state index contributed by atoms with van der Waals surface area (Å²) in [6.07, 6.45) is 0.229. The molecule has 7 heteroatoms. The van der Waals surface area contributed by atoms with E-state index >= 15 is 0 Å². The fourth-order valence-electron chi connectivity index (χ4n) is 1.09. The molecule has 1 heterocycles. The van der Waals surface area contributed by atoms with Crippen molar-refractivity contribution in [2.24, 2.45) is 0 Å². The molecule has 0 saturated heterocycles. The molecule has 0 aliphatic heterocycles. The fourth-order valence-corrected chi connectivity index (χ4v) is 2.01. The number of hydrogen-bond acceptors (Lipinski definition) is 5. The molecule has 0 atom stereocenters. The Morgan fingerprint density at radius 3 is 2.72 bits per heavy atom. The number of carboxylic acids is 1. The standard InChI is InChI=1S/C11H16N2O4S/c1-7-6-8(13-17-7)12-9(14)4-5-18-11(2,3)10(15)16/h6H,4-5H2,1-3H3,(H,15,16)(H,12,13,14). The summed E-state index contributed by atoms with van der Waals surface area (Å²) in [5, 5.41) is 15.1. The highest BCUT2D eigenvalue weighted by Crippen LogP contribution is 2.25. The Morgan fingerprint density at radius 1 is 1.56 bits per heavy atom. The number of amides is 1. The molecule has 0 aliphatic carbocycles. The van der Waals surface area contributed by atoms with Gasteiger partial charge in [-0.1, -0.05) is 5.16 Å². The third-order valence-electron chi connectivity index (χ3n) is 2.20. The highest BCUT2D eigenvalue weighted by molar-refractivity contribution is 8.01. The maximum Gasteiger partial charge on any atom is 0.319 e. The molecule has 0 unspecified atom stereocenters. The SMILES string of the molecule is Cc1cc(NC(=O)CCSC(C)(C)C(=O)O)no1. The van der Waals surface area contributed by atoms with Crippen molar-refractivity contribution in [1.29, 1.82) is 0 Å². The minimum absolute atomic E-state index is 0.211. The number of carbonyl (C=O) groups is 2. The van der Waals surface area contributed by atoms with Crippen LogP contribution < -0.4 is 5.32 Å². The van der Waals surface area contributed by atoms with E-state index in [4.69, 9.17) is 9.63 Å². The van der Waals surface area contributed by atoms with Crippen molar-refractivity contribution in [2.45, 2.75) is 31.9 Å². The van der Waals surface area contributed by atoms with Gasteiger partial charge in [0, 0.05) is 18.2 Å². The van der Waals surface area contributed by atoms with E-state index < -0.39 is 10.7 Å². The first-order valence-electron chi connectivity index (χ1n) is 5.42. The predicted octanol–water partition coefficient (Wildman–Crippen LogP) is 1.91. The highest BCUT2D eigenvalue weighted by Gasteiger charge is 2.27. The van der Waals surface area contributed by atoms with Crippen molar-refractivity contribution in [2.75, 3.05) is 11.1 Å². The summed E-state index contributed by atoms with van der Waals surface area (Å²) in [5.41, 5.74) is 0. The molecule has 100 valence electrons. The van der Waals surface area contributed by atoms with Crippen LogP contribution in [-0.2, 0) is 9.59 Å². The summed E-state index contributed by atoms with van der Waals surface area (Å²) in [6.45, 7) is 4.95. The lowest BCUT2D eigenvalue weighted by molar-refractivity contribution is -0.138. The van der Waals surface area contributed by atoms with Crippen molar-refractivity contribution in [1.82, 2.24) is 5.16 Å². The van der Waals surface area contributed by atoms with Crippen molar-refractivity contribution in [3.8, 4) is 0 Å². The number of carboxylic acid groups (broad SMARTS) is 1. The van der Waals surface area contributed by atoms with Gasteiger partial charge in [0.1, 0.15) is 10.5 Å². The number of aryl methyl sites for hydroxylation is 1. The molecular weight excluding hydrogens is 256 g/mol. The normalized spacial score (nSPS) is 11.3. The van der Waals surface area contributed by atoms with Gasteiger partial charge >= 0.3 is 5.97 Å². The number of aromatic nitrogens is 1. The molecule has 1 aromatic rings. The maximum atomic E-state index is 11.5. The lowest BCUT2D eigenvalue weighted by atomic mass is 10.2. The summed E-state index contributed by atoms with van der Waals surface area (Å²) in [4.78, 5) is 22.4. The first-order chi connectivity index (χ1) is 8.31. The van der Waals surface area contributed by atoms with Crippen molar-refractivity contribution in [3.05, 3.63) is 11.8 Å². The van der Waals surface area contributed by atoms with E-state index in [0.29, 0.717) is 17.3 Å². The van der Waals surface area contributed by atoms with Crippen LogP contribution in [0.25, 0.3) is 0 Å². The third kappa shape index (κ3) is 4.40. The summed E-state index contributed by atoms with van der Waals surface area (Å²) in [6, 6.07) is 1.62. The monoisotopic (exact) mass is 272 g/mol. The first-order valence-corrected chi connectivity index (χ1v) is 6.40. The number of carbonyl (C=O) groups excluding carboxylic acids is 1. The van der Waals surface area contributed by atoms with Crippen LogP contribution in [0, 0.1) is 6.92 Å². The molecule has 0 radical (unpaired) electrons. The summed E-state index contributed by atoms with van der Waals surface area (Å²) < 4.78 is 3.92. The van der Waals surface area contributed by atoms with Gasteiger partial charge in [-0.15, -0.1) is 11.8 Å².